The van der Waals surface area contributed by atoms with Gasteiger partial charge in [0.1, 0.15) is 11.8 Å². The summed E-state index contributed by atoms with van der Waals surface area (Å²) in [5.41, 5.74) is 3.55. The molecule has 1 N–H and O–H groups in total. The Bertz CT molecular complexity index is 796. The van der Waals surface area contributed by atoms with Gasteiger partial charge in [0, 0.05) is 12.2 Å². The normalized spacial score (nSPS) is 16.8. The van der Waals surface area contributed by atoms with E-state index in [1.807, 2.05) is 26.0 Å². The van der Waals surface area contributed by atoms with Gasteiger partial charge >= 0.3 is 0 Å². The molecule has 130 valence electrons. The number of hydrogen-bond acceptors (Lipinski definition) is 3. The van der Waals surface area contributed by atoms with Gasteiger partial charge in [0.25, 0.3) is 5.91 Å². The van der Waals surface area contributed by atoms with Crippen LogP contribution in [0.3, 0.4) is 0 Å². The van der Waals surface area contributed by atoms with Crippen LogP contribution in [0, 0.1) is 13.8 Å². The second-order valence-electron chi connectivity index (χ2n) is 6.35. The molecule has 3 rings (SSSR count). The van der Waals surface area contributed by atoms with Gasteiger partial charge in [-0.05, 0) is 55.7 Å². The van der Waals surface area contributed by atoms with E-state index in [0.717, 1.165) is 16.8 Å². The Hall–Kier alpha value is -2.82. The summed E-state index contributed by atoms with van der Waals surface area (Å²) in [5.74, 6) is 0.128. The predicted molar refractivity (Wildman–Crippen MR) is 97.1 cm³/mol. The number of aryl methyl sites for hydroxylation is 2. The Morgan fingerprint density at radius 2 is 1.84 bits per heavy atom. The third-order valence-electron chi connectivity index (χ3n) is 4.38. The number of nitrogens with zero attached hydrogens (tertiary/aromatic N) is 1. The second-order valence-corrected chi connectivity index (χ2v) is 6.35. The molecule has 1 fully saturated rings. The van der Waals surface area contributed by atoms with Crippen molar-refractivity contribution in [3.8, 4) is 5.75 Å². The average Bonchev–Trinajstić information content (AvgIpc) is 2.94. The second kappa shape index (κ2) is 6.97. The highest BCUT2D eigenvalue weighted by Gasteiger charge is 2.34. The zero-order chi connectivity index (χ0) is 18.0. The van der Waals surface area contributed by atoms with Gasteiger partial charge in [0.2, 0.25) is 5.91 Å². The number of anilines is 1. The SMILES string of the molecule is COc1ccccc1C(=O)NC1CCN(c2cc(C)cc(C)c2)C1=O. The third-order valence-corrected chi connectivity index (χ3v) is 4.38. The van der Waals surface area contributed by atoms with E-state index in [1.165, 1.54) is 7.11 Å². The van der Waals surface area contributed by atoms with Gasteiger partial charge in [-0.1, -0.05) is 18.2 Å². The molecule has 0 radical (unpaired) electrons. The van der Waals surface area contributed by atoms with Gasteiger partial charge in [-0.15, -0.1) is 0 Å². The fourth-order valence-corrected chi connectivity index (χ4v) is 3.24. The number of benzene rings is 2. The topological polar surface area (TPSA) is 58.6 Å². The maximum atomic E-state index is 12.7. The zero-order valence-electron chi connectivity index (χ0n) is 14.7. The molecular formula is C20H22N2O3. The lowest BCUT2D eigenvalue weighted by Crippen LogP contribution is -2.41. The summed E-state index contributed by atoms with van der Waals surface area (Å²) < 4.78 is 5.22. The van der Waals surface area contributed by atoms with E-state index in [-0.39, 0.29) is 11.8 Å². The number of amides is 2. The summed E-state index contributed by atoms with van der Waals surface area (Å²) in [7, 11) is 1.52. The van der Waals surface area contributed by atoms with Crippen molar-refractivity contribution in [2.24, 2.45) is 0 Å². The molecule has 0 aliphatic carbocycles. The van der Waals surface area contributed by atoms with Gasteiger partial charge < -0.3 is 15.0 Å². The van der Waals surface area contributed by atoms with Gasteiger partial charge in [0.15, 0.2) is 0 Å². The number of carbonyl (C=O) groups excluding carboxylic acids is 2. The average molecular weight is 338 g/mol. The molecular weight excluding hydrogens is 316 g/mol. The highest BCUT2D eigenvalue weighted by molar-refractivity contribution is 6.04. The van der Waals surface area contributed by atoms with Crippen molar-refractivity contribution in [3.05, 3.63) is 59.2 Å². The monoisotopic (exact) mass is 338 g/mol. The largest absolute Gasteiger partial charge is 0.496 e. The van der Waals surface area contributed by atoms with E-state index in [4.69, 9.17) is 4.74 Å². The van der Waals surface area contributed by atoms with E-state index in [0.29, 0.717) is 24.3 Å². The van der Waals surface area contributed by atoms with Crippen LogP contribution in [0.2, 0.25) is 0 Å². The van der Waals surface area contributed by atoms with Crippen LogP contribution in [0.15, 0.2) is 42.5 Å². The number of nitrogens with one attached hydrogen (secondary N) is 1. The van der Waals surface area contributed by atoms with Crippen molar-refractivity contribution >= 4 is 17.5 Å². The van der Waals surface area contributed by atoms with Gasteiger partial charge in [-0.25, -0.2) is 0 Å². The Labute approximate surface area is 147 Å². The molecule has 1 heterocycles. The summed E-state index contributed by atoms with van der Waals surface area (Å²) in [5, 5.41) is 2.84. The number of rotatable bonds is 4. The first-order chi connectivity index (χ1) is 12.0. The molecule has 2 aromatic rings. The lowest BCUT2D eigenvalue weighted by atomic mass is 10.1. The molecule has 5 nitrogen and oxygen atoms in total. The van der Waals surface area contributed by atoms with E-state index in [9.17, 15) is 9.59 Å². The highest BCUT2D eigenvalue weighted by Crippen LogP contribution is 2.25. The lowest BCUT2D eigenvalue weighted by molar-refractivity contribution is -0.118. The standard InChI is InChI=1S/C20H22N2O3/c1-13-10-14(2)12-15(11-13)22-9-8-17(20(22)24)21-19(23)16-6-4-5-7-18(16)25-3/h4-7,10-12,17H,8-9H2,1-3H3,(H,21,23). The summed E-state index contributed by atoms with van der Waals surface area (Å²) in [6, 6.07) is 12.5. The van der Waals surface area contributed by atoms with Gasteiger partial charge in [0.05, 0.1) is 12.7 Å². The fourth-order valence-electron chi connectivity index (χ4n) is 3.24. The van der Waals surface area contributed by atoms with E-state index in [2.05, 4.69) is 11.4 Å². The number of ether oxygens (including phenoxy) is 1. The number of methoxy groups -OCH3 is 1. The van der Waals surface area contributed by atoms with Crippen LogP contribution in [0.4, 0.5) is 5.69 Å². The van der Waals surface area contributed by atoms with Crippen LogP contribution < -0.4 is 15.0 Å². The first kappa shape index (κ1) is 17.0. The molecule has 25 heavy (non-hydrogen) atoms. The first-order valence-corrected chi connectivity index (χ1v) is 8.33. The molecule has 1 aliphatic heterocycles. The van der Waals surface area contributed by atoms with Crippen molar-refractivity contribution in [2.75, 3.05) is 18.6 Å². The number of carbonyl (C=O) groups is 2. The van der Waals surface area contributed by atoms with Gasteiger partial charge in [-0.2, -0.15) is 0 Å². The van der Waals surface area contributed by atoms with E-state index < -0.39 is 6.04 Å². The maximum absolute atomic E-state index is 12.7. The molecule has 2 amide bonds. The molecule has 0 saturated carbocycles. The number of hydrogen-bond donors (Lipinski definition) is 1. The van der Waals surface area contributed by atoms with Crippen LogP contribution in [-0.4, -0.2) is 31.5 Å². The molecule has 5 heteroatoms. The fraction of sp³-hybridized carbons (Fsp3) is 0.300. The van der Waals surface area contributed by atoms with E-state index in [1.54, 1.807) is 29.2 Å². The lowest BCUT2D eigenvalue weighted by Gasteiger charge is -2.19. The smallest absolute Gasteiger partial charge is 0.255 e. The minimum absolute atomic E-state index is 0.0757. The van der Waals surface area contributed by atoms with Crippen molar-refractivity contribution in [1.82, 2.24) is 5.32 Å². The Kier molecular flexibility index (Phi) is 4.74. The quantitative estimate of drug-likeness (QED) is 0.932. The van der Waals surface area contributed by atoms with Crippen LogP contribution in [0.5, 0.6) is 5.75 Å². The summed E-state index contributed by atoms with van der Waals surface area (Å²) in [6.45, 7) is 4.62. The molecule has 0 bridgehead atoms. The predicted octanol–water partition coefficient (Wildman–Crippen LogP) is 2.85. The minimum Gasteiger partial charge on any atom is -0.496 e. The Morgan fingerprint density at radius 1 is 1.16 bits per heavy atom. The molecule has 1 unspecified atom stereocenters. The van der Waals surface area contributed by atoms with Crippen molar-refractivity contribution in [2.45, 2.75) is 26.3 Å². The van der Waals surface area contributed by atoms with Crippen LogP contribution in [-0.2, 0) is 4.79 Å². The summed E-state index contributed by atoms with van der Waals surface area (Å²) >= 11 is 0. The molecule has 2 aromatic carbocycles. The van der Waals surface area contributed by atoms with Crippen LogP contribution in [0.25, 0.3) is 0 Å². The third kappa shape index (κ3) is 3.50. The minimum atomic E-state index is -0.516. The first-order valence-electron chi connectivity index (χ1n) is 8.33. The van der Waals surface area contributed by atoms with Crippen molar-refractivity contribution < 1.29 is 14.3 Å². The zero-order valence-corrected chi connectivity index (χ0v) is 14.7. The molecule has 1 atom stereocenters. The van der Waals surface area contributed by atoms with Gasteiger partial charge in [-0.3, -0.25) is 9.59 Å². The number of para-hydroxylation sites is 1. The van der Waals surface area contributed by atoms with Crippen LogP contribution in [0.1, 0.15) is 27.9 Å². The van der Waals surface area contributed by atoms with Crippen molar-refractivity contribution in [1.29, 1.82) is 0 Å². The van der Waals surface area contributed by atoms with Crippen LogP contribution >= 0.6 is 0 Å². The Morgan fingerprint density at radius 3 is 2.52 bits per heavy atom. The molecule has 0 aromatic heterocycles. The maximum Gasteiger partial charge on any atom is 0.255 e. The van der Waals surface area contributed by atoms with Crippen molar-refractivity contribution in [3.63, 3.8) is 0 Å². The molecule has 1 aliphatic rings. The summed E-state index contributed by atoms with van der Waals surface area (Å²) in [6.07, 6.45) is 0.590. The summed E-state index contributed by atoms with van der Waals surface area (Å²) in [4.78, 5) is 27.0. The molecule has 1 saturated heterocycles. The highest BCUT2D eigenvalue weighted by atomic mass is 16.5. The molecule has 0 spiro atoms. The Balaban J connectivity index is 1.75. The van der Waals surface area contributed by atoms with E-state index >= 15 is 0 Å².